The molecule has 0 unspecified atom stereocenters. The first-order chi connectivity index (χ1) is 14.3. The molecule has 0 radical (unpaired) electrons. The van der Waals surface area contributed by atoms with E-state index in [1.165, 1.54) is 6.08 Å². The number of aliphatic carboxylic acids is 1. The van der Waals surface area contributed by atoms with E-state index in [0.717, 1.165) is 16.7 Å². The highest BCUT2D eigenvalue weighted by molar-refractivity contribution is 8.18. The molecule has 1 saturated heterocycles. The molecule has 1 fully saturated rings. The van der Waals surface area contributed by atoms with E-state index in [4.69, 9.17) is 21.4 Å². The van der Waals surface area contributed by atoms with E-state index in [1.54, 1.807) is 48.5 Å². The Bertz CT molecular complexity index is 1020. The average Bonchev–Trinajstić information content (AvgIpc) is 2.96. The van der Waals surface area contributed by atoms with Gasteiger partial charge in [0.1, 0.15) is 12.3 Å². The summed E-state index contributed by atoms with van der Waals surface area (Å²) in [5.74, 6) is -1.81. The number of hydrogen-bond donors (Lipinski definition) is 2. The number of halogens is 1. The van der Waals surface area contributed by atoms with Crippen LogP contribution in [0.5, 0.6) is 5.75 Å². The molecule has 0 bridgehead atoms. The van der Waals surface area contributed by atoms with Gasteiger partial charge in [-0.15, -0.1) is 0 Å². The van der Waals surface area contributed by atoms with E-state index >= 15 is 0 Å². The molecule has 1 heterocycles. The zero-order chi connectivity index (χ0) is 21.7. The molecule has 0 saturated carbocycles. The van der Waals surface area contributed by atoms with Gasteiger partial charge in [-0.25, -0.2) is 4.79 Å². The Morgan fingerprint density at radius 2 is 1.77 bits per heavy atom. The minimum absolute atomic E-state index is 0.179. The van der Waals surface area contributed by atoms with Gasteiger partial charge in [0.15, 0.2) is 6.61 Å². The van der Waals surface area contributed by atoms with Crippen molar-refractivity contribution in [2.75, 3.05) is 18.5 Å². The van der Waals surface area contributed by atoms with Crippen molar-refractivity contribution in [1.29, 1.82) is 0 Å². The van der Waals surface area contributed by atoms with Crippen LogP contribution in [0.1, 0.15) is 5.56 Å². The van der Waals surface area contributed by atoms with Crippen molar-refractivity contribution >= 4 is 58.1 Å². The summed E-state index contributed by atoms with van der Waals surface area (Å²) in [6.45, 7) is -0.872. The van der Waals surface area contributed by atoms with Crippen molar-refractivity contribution in [3.63, 3.8) is 0 Å². The Labute approximate surface area is 180 Å². The van der Waals surface area contributed by atoms with E-state index in [9.17, 15) is 19.2 Å². The number of anilines is 1. The predicted octanol–water partition coefficient (Wildman–Crippen LogP) is 3.48. The van der Waals surface area contributed by atoms with Gasteiger partial charge in [-0.2, -0.15) is 0 Å². The summed E-state index contributed by atoms with van der Waals surface area (Å²) < 4.78 is 5.04. The Balaban J connectivity index is 1.62. The van der Waals surface area contributed by atoms with Crippen molar-refractivity contribution in [3.8, 4) is 5.75 Å². The number of amides is 3. The lowest BCUT2D eigenvalue weighted by Gasteiger charge is -2.12. The van der Waals surface area contributed by atoms with Crippen molar-refractivity contribution in [2.45, 2.75) is 0 Å². The van der Waals surface area contributed by atoms with Crippen LogP contribution in [0.25, 0.3) is 6.08 Å². The number of carboxylic acids is 1. The molecule has 30 heavy (non-hydrogen) atoms. The molecule has 0 aromatic heterocycles. The number of benzene rings is 2. The normalized spacial score (nSPS) is 14.8. The van der Waals surface area contributed by atoms with Gasteiger partial charge >= 0.3 is 5.97 Å². The Hall–Kier alpha value is -3.30. The third-order valence-electron chi connectivity index (χ3n) is 3.84. The highest BCUT2D eigenvalue weighted by Gasteiger charge is 2.36. The summed E-state index contributed by atoms with van der Waals surface area (Å²) in [6.07, 6.45) is 1.52. The van der Waals surface area contributed by atoms with Crippen LogP contribution in [0.2, 0.25) is 5.02 Å². The summed E-state index contributed by atoms with van der Waals surface area (Å²) in [5, 5.41) is 11.2. The molecule has 2 aromatic carbocycles. The SMILES string of the molecule is O=C(O)COc1ccc(/C=C2/SC(=O)N(CC(=O)Nc3ccc(Cl)cc3)C2=O)cc1. The smallest absolute Gasteiger partial charge is 0.341 e. The minimum Gasteiger partial charge on any atom is -0.482 e. The summed E-state index contributed by atoms with van der Waals surface area (Å²) in [6, 6.07) is 12.8. The number of carbonyl (C=O) groups is 4. The van der Waals surface area contributed by atoms with E-state index < -0.39 is 36.2 Å². The minimum atomic E-state index is -1.09. The molecule has 3 rings (SSSR count). The zero-order valence-electron chi connectivity index (χ0n) is 15.3. The summed E-state index contributed by atoms with van der Waals surface area (Å²) in [4.78, 5) is 48.4. The van der Waals surface area contributed by atoms with Crippen LogP contribution in [0.3, 0.4) is 0 Å². The molecule has 3 amide bonds. The fourth-order valence-electron chi connectivity index (χ4n) is 2.47. The third-order valence-corrected chi connectivity index (χ3v) is 5.00. The lowest BCUT2D eigenvalue weighted by atomic mass is 10.2. The van der Waals surface area contributed by atoms with Gasteiger partial charge in [-0.3, -0.25) is 19.3 Å². The molecular formula is C20H15ClN2O6S. The molecule has 10 heteroatoms. The highest BCUT2D eigenvalue weighted by atomic mass is 35.5. The van der Waals surface area contributed by atoms with Gasteiger partial charge in [0.25, 0.3) is 11.1 Å². The van der Waals surface area contributed by atoms with Gasteiger partial charge in [-0.05, 0) is 59.8 Å². The molecule has 0 aliphatic carbocycles. The van der Waals surface area contributed by atoms with Gasteiger partial charge in [0.2, 0.25) is 5.91 Å². The topological polar surface area (TPSA) is 113 Å². The van der Waals surface area contributed by atoms with Crippen LogP contribution < -0.4 is 10.1 Å². The molecule has 8 nitrogen and oxygen atoms in total. The first kappa shape index (κ1) is 21.4. The monoisotopic (exact) mass is 446 g/mol. The van der Waals surface area contributed by atoms with Gasteiger partial charge in [0, 0.05) is 10.7 Å². The van der Waals surface area contributed by atoms with Crippen LogP contribution in [0, 0.1) is 0 Å². The molecule has 0 atom stereocenters. The maximum Gasteiger partial charge on any atom is 0.341 e. The van der Waals surface area contributed by atoms with Gasteiger partial charge in [0.05, 0.1) is 4.91 Å². The lowest BCUT2D eigenvalue weighted by molar-refractivity contribution is -0.139. The molecule has 2 aromatic rings. The maximum atomic E-state index is 12.5. The highest BCUT2D eigenvalue weighted by Crippen LogP contribution is 2.32. The standard InChI is InChI=1S/C20H15ClN2O6S/c21-13-3-5-14(6-4-13)22-17(24)10-23-19(27)16(30-20(23)28)9-12-1-7-15(8-2-12)29-11-18(25)26/h1-9H,10-11H2,(H,22,24)(H,25,26)/b16-9+. The third kappa shape index (κ3) is 5.62. The number of hydrogen-bond acceptors (Lipinski definition) is 6. The fourth-order valence-corrected chi connectivity index (χ4v) is 3.43. The number of carbonyl (C=O) groups excluding carboxylic acids is 3. The summed E-state index contributed by atoms with van der Waals surface area (Å²) in [5.41, 5.74) is 1.12. The Morgan fingerprint density at radius 1 is 1.10 bits per heavy atom. The molecule has 154 valence electrons. The second-order valence-corrected chi connectivity index (χ2v) is 7.50. The van der Waals surface area contributed by atoms with E-state index in [1.807, 2.05) is 0 Å². The predicted molar refractivity (Wildman–Crippen MR) is 112 cm³/mol. The number of nitrogens with zero attached hydrogens (tertiary/aromatic N) is 1. The first-order valence-corrected chi connectivity index (χ1v) is 9.77. The first-order valence-electron chi connectivity index (χ1n) is 8.57. The number of thioether (sulfide) groups is 1. The molecule has 0 spiro atoms. The number of ether oxygens (including phenoxy) is 1. The van der Waals surface area contributed by atoms with Crippen molar-refractivity contribution in [3.05, 3.63) is 64.0 Å². The lowest BCUT2D eigenvalue weighted by Crippen LogP contribution is -2.36. The van der Waals surface area contributed by atoms with Crippen LogP contribution >= 0.6 is 23.4 Å². The van der Waals surface area contributed by atoms with E-state index in [-0.39, 0.29) is 4.91 Å². The number of rotatable bonds is 7. The second-order valence-electron chi connectivity index (χ2n) is 6.07. The fraction of sp³-hybridized carbons (Fsp3) is 0.100. The quantitative estimate of drug-likeness (QED) is 0.626. The summed E-state index contributed by atoms with van der Waals surface area (Å²) in [7, 11) is 0. The van der Waals surface area contributed by atoms with Crippen LogP contribution in [-0.4, -0.2) is 46.2 Å². The molecule has 1 aliphatic rings. The van der Waals surface area contributed by atoms with Crippen molar-refractivity contribution in [2.24, 2.45) is 0 Å². The van der Waals surface area contributed by atoms with Crippen molar-refractivity contribution in [1.82, 2.24) is 4.90 Å². The van der Waals surface area contributed by atoms with Crippen LogP contribution in [0.4, 0.5) is 10.5 Å². The molecule has 2 N–H and O–H groups in total. The van der Waals surface area contributed by atoms with E-state index in [0.29, 0.717) is 22.0 Å². The Morgan fingerprint density at radius 3 is 2.40 bits per heavy atom. The number of imide groups is 1. The van der Waals surface area contributed by atoms with Gasteiger partial charge in [-0.1, -0.05) is 23.7 Å². The number of nitrogens with one attached hydrogen (secondary N) is 1. The molecular weight excluding hydrogens is 432 g/mol. The Kier molecular flexibility index (Phi) is 6.76. The second kappa shape index (κ2) is 9.47. The maximum absolute atomic E-state index is 12.5. The van der Waals surface area contributed by atoms with E-state index in [2.05, 4.69) is 5.32 Å². The molecule has 1 aliphatic heterocycles. The average molecular weight is 447 g/mol. The summed E-state index contributed by atoms with van der Waals surface area (Å²) >= 11 is 6.53. The number of carboxylic acid groups (broad SMARTS) is 1. The zero-order valence-corrected chi connectivity index (χ0v) is 16.9. The van der Waals surface area contributed by atoms with Gasteiger partial charge < -0.3 is 15.2 Å². The van der Waals surface area contributed by atoms with Crippen LogP contribution in [0.15, 0.2) is 53.4 Å². The van der Waals surface area contributed by atoms with Crippen LogP contribution in [-0.2, 0) is 14.4 Å². The van der Waals surface area contributed by atoms with Crippen molar-refractivity contribution < 1.29 is 29.0 Å². The largest absolute Gasteiger partial charge is 0.482 e.